The molecule has 1 aliphatic heterocycles. The molecule has 0 aliphatic carbocycles. The molecule has 1 fully saturated rings. The maximum Gasteiger partial charge on any atom is 0.242 e. The monoisotopic (exact) mass is 210 g/mol. The van der Waals surface area contributed by atoms with Gasteiger partial charge in [-0.05, 0) is 33.1 Å². The molecule has 1 rings (SSSR count). The van der Waals surface area contributed by atoms with Crippen molar-refractivity contribution < 1.29 is 4.79 Å². The van der Waals surface area contributed by atoms with Crippen molar-refractivity contribution in [3.8, 4) is 0 Å². The van der Waals surface area contributed by atoms with Crippen LogP contribution in [0, 0.1) is 0 Å². The number of hydrogen-bond acceptors (Lipinski definition) is 2. The van der Waals surface area contributed by atoms with E-state index in [2.05, 4.69) is 23.7 Å². The number of amides is 1. The number of likely N-dealkylation sites (tertiary alicyclic amines) is 1. The highest BCUT2D eigenvalue weighted by atomic mass is 16.2. The Morgan fingerprint density at radius 3 is 2.67 bits per heavy atom. The van der Waals surface area contributed by atoms with E-state index >= 15 is 0 Å². The van der Waals surface area contributed by atoms with Gasteiger partial charge in [0.2, 0.25) is 5.91 Å². The van der Waals surface area contributed by atoms with Gasteiger partial charge in [0, 0.05) is 18.3 Å². The summed E-state index contributed by atoms with van der Waals surface area (Å²) in [6, 6.07) is 0.185. The number of carbonyl (C=O) groups excluding carboxylic acids is 1. The first-order chi connectivity index (χ1) is 7.06. The Kier molecular flexibility index (Phi) is 4.18. The van der Waals surface area contributed by atoms with E-state index in [0.29, 0.717) is 0 Å². The third-order valence-corrected chi connectivity index (χ3v) is 2.77. The Morgan fingerprint density at radius 1 is 1.60 bits per heavy atom. The fourth-order valence-electron chi connectivity index (χ4n) is 2.06. The van der Waals surface area contributed by atoms with E-state index in [1.807, 2.05) is 13.8 Å². The summed E-state index contributed by atoms with van der Waals surface area (Å²) in [5, 5.41) is 2.97. The third kappa shape index (κ3) is 2.98. The van der Waals surface area contributed by atoms with E-state index < -0.39 is 0 Å². The van der Waals surface area contributed by atoms with Crippen LogP contribution in [0.5, 0.6) is 0 Å². The quantitative estimate of drug-likeness (QED) is 0.768. The molecule has 1 N–H and O–H groups in total. The normalized spacial score (nSPS) is 18.4. The Labute approximate surface area is 92.5 Å². The highest BCUT2D eigenvalue weighted by Gasteiger charge is 2.28. The van der Waals surface area contributed by atoms with Gasteiger partial charge in [-0.15, -0.1) is 0 Å². The van der Waals surface area contributed by atoms with Crippen LogP contribution >= 0.6 is 0 Å². The molecule has 15 heavy (non-hydrogen) atoms. The lowest BCUT2D eigenvalue weighted by atomic mass is 10.1. The SMILES string of the molecule is C=C1CCCN1[C@@H](CC)C(=O)NC(C)C. The zero-order valence-corrected chi connectivity index (χ0v) is 10.0. The van der Waals surface area contributed by atoms with Crippen molar-refractivity contribution in [2.24, 2.45) is 0 Å². The molecule has 0 unspecified atom stereocenters. The zero-order valence-electron chi connectivity index (χ0n) is 10.0. The highest BCUT2D eigenvalue weighted by molar-refractivity contribution is 5.82. The van der Waals surface area contributed by atoms with Crippen LogP contribution in [0.25, 0.3) is 0 Å². The average molecular weight is 210 g/mol. The van der Waals surface area contributed by atoms with Gasteiger partial charge in [0.1, 0.15) is 6.04 Å². The molecule has 1 amide bonds. The van der Waals surface area contributed by atoms with Crippen LogP contribution in [0.4, 0.5) is 0 Å². The fraction of sp³-hybridized carbons (Fsp3) is 0.750. The fourth-order valence-corrected chi connectivity index (χ4v) is 2.06. The molecule has 1 heterocycles. The minimum Gasteiger partial charge on any atom is -0.363 e. The van der Waals surface area contributed by atoms with Crippen LogP contribution in [-0.2, 0) is 4.79 Å². The van der Waals surface area contributed by atoms with Gasteiger partial charge in [-0.25, -0.2) is 0 Å². The molecule has 0 radical (unpaired) electrons. The van der Waals surface area contributed by atoms with Crippen molar-refractivity contribution in [1.82, 2.24) is 10.2 Å². The lowest BCUT2D eigenvalue weighted by Gasteiger charge is -2.29. The van der Waals surface area contributed by atoms with Gasteiger partial charge in [-0.1, -0.05) is 13.5 Å². The Morgan fingerprint density at radius 2 is 2.27 bits per heavy atom. The van der Waals surface area contributed by atoms with E-state index in [0.717, 1.165) is 31.5 Å². The van der Waals surface area contributed by atoms with E-state index in [1.165, 1.54) is 0 Å². The molecular weight excluding hydrogens is 188 g/mol. The van der Waals surface area contributed by atoms with Gasteiger partial charge in [-0.2, -0.15) is 0 Å². The maximum absolute atomic E-state index is 11.9. The predicted molar refractivity (Wildman–Crippen MR) is 62.4 cm³/mol. The van der Waals surface area contributed by atoms with E-state index in [-0.39, 0.29) is 18.0 Å². The van der Waals surface area contributed by atoms with Crippen LogP contribution in [0.3, 0.4) is 0 Å². The van der Waals surface area contributed by atoms with E-state index in [9.17, 15) is 4.79 Å². The van der Waals surface area contributed by atoms with Gasteiger partial charge in [0.15, 0.2) is 0 Å². The van der Waals surface area contributed by atoms with Gasteiger partial charge in [0.05, 0.1) is 0 Å². The van der Waals surface area contributed by atoms with Gasteiger partial charge < -0.3 is 10.2 Å². The molecule has 1 aliphatic rings. The minimum absolute atomic E-state index is 0.0256. The Balaban J connectivity index is 2.61. The number of allylic oxidation sites excluding steroid dienone is 1. The van der Waals surface area contributed by atoms with Gasteiger partial charge in [0.25, 0.3) is 0 Å². The summed E-state index contributed by atoms with van der Waals surface area (Å²) in [5.74, 6) is 0.135. The van der Waals surface area contributed by atoms with Crippen molar-refractivity contribution in [3.63, 3.8) is 0 Å². The topological polar surface area (TPSA) is 32.3 Å². The molecule has 0 saturated carbocycles. The van der Waals surface area contributed by atoms with Crippen molar-refractivity contribution in [2.75, 3.05) is 6.54 Å². The van der Waals surface area contributed by atoms with Crippen LogP contribution < -0.4 is 5.32 Å². The Hall–Kier alpha value is -0.990. The molecule has 0 spiro atoms. The second-order valence-electron chi connectivity index (χ2n) is 4.45. The molecule has 0 aromatic heterocycles. The first-order valence-corrected chi connectivity index (χ1v) is 5.81. The summed E-state index contributed by atoms with van der Waals surface area (Å²) >= 11 is 0. The summed E-state index contributed by atoms with van der Waals surface area (Å²) in [4.78, 5) is 14.1. The molecule has 86 valence electrons. The molecule has 3 nitrogen and oxygen atoms in total. The molecule has 1 atom stereocenters. The van der Waals surface area contributed by atoms with Crippen molar-refractivity contribution >= 4 is 5.91 Å². The van der Waals surface area contributed by atoms with Crippen LogP contribution in [0.2, 0.25) is 0 Å². The van der Waals surface area contributed by atoms with Crippen molar-refractivity contribution in [3.05, 3.63) is 12.3 Å². The lowest BCUT2D eigenvalue weighted by molar-refractivity contribution is -0.126. The summed E-state index contributed by atoms with van der Waals surface area (Å²) < 4.78 is 0. The number of hydrogen-bond donors (Lipinski definition) is 1. The molecule has 0 aromatic rings. The molecule has 0 bridgehead atoms. The van der Waals surface area contributed by atoms with Crippen LogP contribution in [0.15, 0.2) is 12.3 Å². The van der Waals surface area contributed by atoms with E-state index in [1.54, 1.807) is 0 Å². The zero-order chi connectivity index (χ0) is 11.4. The van der Waals surface area contributed by atoms with Gasteiger partial charge in [-0.3, -0.25) is 4.79 Å². The summed E-state index contributed by atoms with van der Waals surface area (Å²) in [5.41, 5.74) is 1.11. The summed E-state index contributed by atoms with van der Waals surface area (Å²) in [6.45, 7) is 11.0. The number of nitrogens with zero attached hydrogens (tertiary/aromatic N) is 1. The molecule has 0 aromatic carbocycles. The maximum atomic E-state index is 11.9. The highest BCUT2D eigenvalue weighted by Crippen LogP contribution is 2.23. The van der Waals surface area contributed by atoms with Crippen molar-refractivity contribution in [2.45, 2.75) is 52.1 Å². The second-order valence-corrected chi connectivity index (χ2v) is 4.45. The Bertz CT molecular complexity index is 248. The molecule has 3 heteroatoms. The first-order valence-electron chi connectivity index (χ1n) is 5.81. The largest absolute Gasteiger partial charge is 0.363 e. The lowest BCUT2D eigenvalue weighted by Crippen LogP contribution is -2.46. The van der Waals surface area contributed by atoms with Crippen LogP contribution in [-0.4, -0.2) is 29.4 Å². The molecule has 1 saturated heterocycles. The third-order valence-electron chi connectivity index (χ3n) is 2.77. The average Bonchev–Trinajstić information content (AvgIpc) is 2.52. The van der Waals surface area contributed by atoms with Gasteiger partial charge >= 0.3 is 0 Å². The summed E-state index contributed by atoms with van der Waals surface area (Å²) in [6.07, 6.45) is 3.01. The number of nitrogens with one attached hydrogen (secondary N) is 1. The number of rotatable bonds is 4. The van der Waals surface area contributed by atoms with Crippen molar-refractivity contribution in [1.29, 1.82) is 0 Å². The molecular formula is C12H22N2O. The smallest absolute Gasteiger partial charge is 0.242 e. The second kappa shape index (κ2) is 5.19. The minimum atomic E-state index is -0.0256. The predicted octanol–water partition coefficient (Wildman–Crippen LogP) is 1.90. The summed E-state index contributed by atoms with van der Waals surface area (Å²) in [7, 11) is 0. The van der Waals surface area contributed by atoms with E-state index in [4.69, 9.17) is 0 Å². The standard InChI is InChI=1S/C12H22N2O/c1-5-11(12(15)13-9(2)3)14-8-6-7-10(14)4/h9,11H,4-8H2,1-3H3,(H,13,15)/t11-/m0/s1. The van der Waals surface area contributed by atoms with Crippen LogP contribution in [0.1, 0.15) is 40.0 Å². The first kappa shape index (κ1) is 12.1. The number of carbonyl (C=O) groups is 1.